The second-order valence-corrected chi connectivity index (χ2v) is 1.87. The van der Waals surface area contributed by atoms with Crippen LogP contribution in [0.25, 0.3) is 0 Å². The SMILES string of the molecule is CCOC(=O)CC(=O)CC.[Zr]. The molecular formula is C7H12O3Zr. The number of ketones is 1. The Bertz CT molecular complexity index is 134. The number of ether oxygens (including phenoxy) is 1. The molecule has 0 radical (unpaired) electrons. The van der Waals surface area contributed by atoms with Crippen molar-refractivity contribution in [2.45, 2.75) is 26.7 Å². The van der Waals surface area contributed by atoms with Crippen LogP contribution >= 0.6 is 0 Å². The van der Waals surface area contributed by atoms with Crippen molar-refractivity contribution in [1.82, 2.24) is 0 Å². The molecule has 0 bridgehead atoms. The maximum Gasteiger partial charge on any atom is 0.313 e. The topological polar surface area (TPSA) is 43.4 Å². The average molecular weight is 235 g/mol. The van der Waals surface area contributed by atoms with Gasteiger partial charge in [-0.05, 0) is 6.92 Å². The first-order valence-corrected chi connectivity index (χ1v) is 3.38. The van der Waals surface area contributed by atoms with Crippen molar-refractivity contribution in [2.24, 2.45) is 0 Å². The van der Waals surface area contributed by atoms with Gasteiger partial charge in [-0.1, -0.05) is 6.92 Å². The minimum atomic E-state index is -0.422. The maximum atomic E-state index is 10.6. The first-order valence-electron chi connectivity index (χ1n) is 3.38. The quantitative estimate of drug-likeness (QED) is 0.537. The van der Waals surface area contributed by atoms with Crippen LogP contribution in [0, 0.1) is 0 Å². The molecule has 3 nitrogen and oxygen atoms in total. The van der Waals surface area contributed by atoms with Gasteiger partial charge in [0.2, 0.25) is 0 Å². The molecule has 0 aromatic rings. The van der Waals surface area contributed by atoms with Gasteiger partial charge in [-0.3, -0.25) is 9.59 Å². The summed E-state index contributed by atoms with van der Waals surface area (Å²) in [4.78, 5) is 21.2. The molecule has 0 saturated carbocycles. The smallest absolute Gasteiger partial charge is 0.313 e. The van der Waals surface area contributed by atoms with E-state index in [0.29, 0.717) is 13.0 Å². The molecule has 0 saturated heterocycles. The minimum Gasteiger partial charge on any atom is -0.466 e. The van der Waals surface area contributed by atoms with E-state index in [1.807, 2.05) is 0 Å². The fraction of sp³-hybridized carbons (Fsp3) is 0.714. The second-order valence-electron chi connectivity index (χ2n) is 1.87. The number of hydrogen-bond acceptors (Lipinski definition) is 3. The number of carbonyl (C=O) groups excluding carboxylic acids is 2. The van der Waals surface area contributed by atoms with Crippen molar-refractivity contribution in [3.8, 4) is 0 Å². The van der Waals surface area contributed by atoms with E-state index in [9.17, 15) is 9.59 Å². The van der Waals surface area contributed by atoms with Gasteiger partial charge in [-0.25, -0.2) is 0 Å². The molecule has 0 aromatic carbocycles. The van der Waals surface area contributed by atoms with E-state index in [-0.39, 0.29) is 38.4 Å². The Hall–Kier alpha value is 0.0231. The Labute approximate surface area is 85.6 Å². The van der Waals surface area contributed by atoms with Crippen LogP contribution in [0.3, 0.4) is 0 Å². The van der Waals surface area contributed by atoms with Crippen LogP contribution < -0.4 is 0 Å². The van der Waals surface area contributed by atoms with Crippen molar-refractivity contribution in [3.05, 3.63) is 0 Å². The van der Waals surface area contributed by atoms with Crippen LogP contribution in [0.4, 0.5) is 0 Å². The molecule has 0 N–H and O–H groups in total. The van der Waals surface area contributed by atoms with E-state index in [0.717, 1.165) is 0 Å². The second kappa shape index (κ2) is 8.12. The van der Waals surface area contributed by atoms with Gasteiger partial charge in [0.05, 0.1) is 6.61 Å². The summed E-state index contributed by atoms with van der Waals surface area (Å²) in [5.74, 6) is -0.493. The van der Waals surface area contributed by atoms with E-state index < -0.39 is 5.97 Å². The molecular weight excluding hydrogens is 223 g/mol. The Morgan fingerprint density at radius 2 is 1.82 bits per heavy atom. The predicted octanol–water partition coefficient (Wildman–Crippen LogP) is 0.916. The zero-order valence-electron chi connectivity index (χ0n) is 6.85. The number of carbonyl (C=O) groups is 2. The molecule has 0 spiro atoms. The predicted molar refractivity (Wildman–Crippen MR) is 36.5 cm³/mol. The molecule has 0 fully saturated rings. The van der Waals surface area contributed by atoms with Gasteiger partial charge >= 0.3 is 5.97 Å². The van der Waals surface area contributed by atoms with Crippen molar-refractivity contribution in [3.63, 3.8) is 0 Å². The number of Topliss-reactive ketones (excluding diaryl/α,β-unsaturated/α-hetero) is 1. The average Bonchev–Trinajstić information content (AvgIpc) is 1.88. The Morgan fingerprint density at radius 3 is 2.18 bits per heavy atom. The number of esters is 1. The summed E-state index contributed by atoms with van der Waals surface area (Å²) in [5, 5.41) is 0. The summed E-state index contributed by atoms with van der Waals surface area (Å²) in [6, 6.07) is 0. The third kappa shape index (κ3) is 7.92. The zero-order valence-corrected chi connectivity index (χ0v) is 9.30. The first-order chi connectivity index (χ1) is 4.70. The third-order valence-corrected chi connectivity index (χ3v) is 1.04. The van der Waals surface area contributed by atoms with Crippen molar-refractivity contribution < 1.29 is 40.5 Å². The Balaban J connectivity index is 0. The largest absolute Gasteiger partial charge is 0.466 e. The summed E-state index contributed by atoms with van der Waals surface area (Å²) in [7, 11) is 0. The molecule has 0 unspecified atom stereocenters. The van der Waals surface area contributed by atoms with Crippen LogP contribution in [-0.4, -0.2) is 18.4 Å². The molecule has 0 amide bonds. The van der Waals surface area contributed by atoms with Crippen LogP contribution in [-0.2, 0) is 40.5 Å². The normalized spacial score (nSPS) is 8.18. The van der Waals surface area contributed by atoms with E-state index in [2.05, 4.69) is 4.74 Å². The summed E-state index contributed by atoms with van der Waals surface area (Å²) in [6.45, 7) is 3.78. The first kappa shape index (κ1) is 13.6. The number of hydrogen-bond donors (Lipinski definition) is 0. The summed E-state index contributed by atoms with van der Waals surface area (Å²) < 4.78 is 4.55. The Kier molecular flexibility index (Phi) is 10.0. The van der Waals surface area contributed by atoms with E-state index in [4.69, 9.17) is 0 Å². The van der Waals surface area contributed by atoms with Gasteiger partial charge in [-0.2, -0.15) is 0 Å². The van der Waals surface area contributed by atoms with Crippen molar-refractivity contribution in [2.75, 3.05) is 6.61 Å². The van der Waals surface area contributed by atoms with Crippen LogP contribution in [0.15, 0.2) is 0 Å². The molecule has 0 rings (SSSR count). The van der Waals surface area contributed by atoms with Gasteiger partial charge in [0.1, 0.15) is 12.2 Å². The molecule has 0 heterocycles. The fourth-order valence-corrected chi connectivity index (χ4v) is 0.498. The maximum absolute atomic E-state index is 10.6. The van der Waals surface area contributed by atoms with Gasteiger partial charge in [-0.15, -0.1) is 0 Å². The summed E-state index contributed by atoms with van der Waals surface area (Å²) >= 11 is 0. The third-order valence-electron chi connectivity index (χ3n) is 1.04. The molecule has 0 aliphatic carbocycles. The monoisotopic (exact) mass is 234 g/mol. The minimum absolute atomic E-state index is 0. The zero-order chi connectivity index (χ0) is 7.98. The molecule has 11 heavy (non-hydrogen) atoms. The van der Waals surface area contributed by atoms with Gasteiger partial charge in [0.25, 0.3) is 0 Å². The molecule has 0 atom stereocenters. The molecule has 62 valence electrons. The van der Waals surface area contributed by atoms with E-state index in [1.54, 1.807) is 13.8 Å². The molecule has 0 aliphatic rings. The van der Waals surface area contributed by atoms with Crippen LogP contribution in [0.1, 0.15) is 26.7 Å². The molecule has 0 aromatic heterocycles. The van der Waals surface area contributed by atoms with E-state index >= 15 is 0 Å². The Morgan fingerprint density at radius 1 is 1.27 bits per heavy atom. The molecule has 4 heteroatoms. The van der Waals surface area contributed by atoms with Gasteiger partial charge in [0.15, 0.2) is 0 Å². The standard InChI is InChI=1S/C7H12O3.Zr/c1-3-6(8)5-7(9)10-4-2;/h3-5H2,1-2H3;. The van der Waals surface area contributed by atoms with Crippen molar-refractivity contribution >= 4 is 11.8 Å². The van der Waals surface area contributed by atoms with E-state index in [1.165, 1.54) is 0 Å². The summed E-state index contributed by atoms with van der Waals surface area (Å²) in [6.07, 6.45) is 0.323. The van der Waals surface area contributed by atoms with Gasteiger partial charge < -0.3 is 4.74 Å². The number of rotatable bonds is 4. The van der Waals surface area contributed by atoms with Gasteiger partial charge in [0, 0.05) is 32.6 Å². The van der Waals surface area contributed by atoms with Crippen molar-refractivity contribution in [1.29, 1.82) is 0 Å². The van der Waals surface area contributed by atoms with Crippen LogP contribution in [0.5, 0.6) is 0 Å². The fourth-order valence-electron chi connectivity index (χ4n) is 0.498. The van der Waals surface area contributed by atoms with Crippen LogP contribution in [0.2, 0.25) is 0 Å². The summed E-state index contributed by atoms with van der Waals surface area (Å²) in [5.41, 5.74) is 0. The molecule has 0 aliphatic heterocycles.